The molecule has 6 N–H and O–H groups in total. The lowest BCUT2D eigenvalue weighted by Crippen LogP contribution is -2.13. The highest BCUT2D eigenvalue weighted by atomic mass is 16.6. The van der Waals surface area contributed by atoms with Gasteiger partial charge in [-0.25, -0.2) is 24.0 Å². The van der Waals surface area contributed by atoms with Crippen LogP contribution in [0.3, 0.4) is 0 Å². The first kappa shape index (κ1) is 102. The van der Waals surface area contributed by atoms with Crippen molar-refractivity contribution in [2.45, 2.75) is 89.5 Å². The van der Waals surface area contributed by atoms with E-state index in [1.54, 1.807) is 174 Å². The Morgan fingerprint density at radius 1 is 0.220 bits per heavy atom. The van der Waals surface area contributed by atoms with Gasteiger partial charge in [0.25, 0.3) is 35.4 Å². The maximum absolute atomic E-state index is 11.8. The number of Topliss-reactive ketones (excluding diaryl/α,β-unsaturated/α-hetero) is 1. The lowest BCUT2D eigenvalue weighted by molar-refractivity contribution is -0.130. The molecule has 0 atom stereocenters. The van der Waals surface area contributed by atoms with Crippen LogP contribution in [0.1, 0.15) is 88.6 Å². The summed E-state index contributed by atoms with van der Waals surface area (Å²) in [5, 5.41) is 26.8. The van der Waals surface area contributed by atoms with E-state index in [-0.39, 0.29) is 41.2 Å². The Labute approximate surface area is 766 Å². The number of hydrogen-bond acceptors (Lipinski definition) is 17. The molecule has 6 amide bonds. The van der Waals surface area contributed by atoms with Crippen LogP contribution in [0.2, 0.25) is 0 Å². The molecule has 23 heteroatoms. The first-order valence-electron chi connectivity index (χ1n) is 40.8. The predicted molar refractivity (Wildman–Crippen MR) is 530 cm³/mol. The monoisotopic (exact) mass is 1770 g/mol. The third-order valence-electron chi connectivity index (χ3n) is 18.7. The fourth-order valence-corrected chi connectivity index (χ4v) is 11.4. The van der Waals surface area contributed by atoms with Crippen molar-refractivity contribution in [3.63, 3.8) is 0 Å². The third kappa shape index (κ3) is 29.5. The van der Waals surface area contributed by atoms with Crippen molar-refractivity contribution in [2.75, 3.05) is 31.9 Å². The van der Waals surface area contributed by atoms with E-state index in [2.05, 4.69) is 111 Å². The van der Waals surface area contributed by atoms with Crippen LogP contribution in [0.4, 0.5) is 34.1 Å². The SMILES string of the molecule is C=C(C)C(=O)Cc1ccc2cc(OC(=O)C(=C)C)ccc2c1.C=C(C)C(=O)Nc1ccc(OC(=O)C(=C)C)c2ccccc12.C=C(C)C(=O)Nc1ccc2c(OC(=O)C(=C)C)cccc2c1.C=C(C)C(=O)Nc1cccc2c(NC(=O)C(=C)C)cccc12.C=C(C)C(=O)Nc1cccc2c(OC(=O)C(=C)C)cccc12.C=C(C)C(=O)Nc1cccc2cc(OC(=O)C(=C)C)ccc12. The summed E-state index contributed by atoms with van der Waals surface area (Å²) < 4.78 is 26.4. The molecule has 0 unspecified atom stereocenters. The number of esters is 5. The van der Waals surface area contributed by atoms with Gasteiger partial charge in [0.2, 0.25) is 0 Å². The van der Waals surface area contributed by atoms with Crippen molar-refractivity contribution in [2.24, 2.45) is 0 Å². The number of ketones is 1. The van der Waals surface area contributed by atoms with Crippen LogP contribution in [0.5, 0.6) is 28.7 Å². The highest BCUT2D eigenvalue weighted by Gasteiger charge is 2.19. The second-order valence-electron chi connectivity index (χ2n) is 30.9. The van der Waals surface area contributed by atoms with E-state index in [0.29, 0.717) is 136 Å². The van der Waals surface area contributed by atoms with Crippen LogP contribution < -0.4 is 55.6 Å². The zero-order chi connectivity index (χ0) is 97.7. The number of nitrogens with one attached hydrogen (secondary N) is 6. The lowest BCUT2D eigenvalue weighted by atomic mass is 10.0. The number of anilines is 6. The van der Waals surface area contributed by atoms with E-state index in [1.807, 2.05) is 127 Å². The molecule has 12 aromatic rings. The van der Waals surface area contributed by atoms with Gasteiger partial charge in [0.1, 0.15) is 28.7 Å². The zero-order valence-electron chi connectivity index (χ0n) is 75.9. The number of ether oxygens (including phenoxy) is 5. The number of rotatable bonds is 25. The second kappa shape index (κ2) is 47.5. The molecule has 0 saturated heterocycles. The quantitative estimate of drug-likeness (QED) is 0.0176. The summed E-state index contributed by atoms with van der Waals surface area (Å²) in [6.07, 6.45) is 0.345. The van der Waals surface area contributed by atoms with Crippen molar-refractivity contribution < 1.29 is 81.2 Å². The summed E-state index contributed by atoms with van der Waals surface area (Å²) in [6, 6.07) is 65.1. The van der Waals surface area contributed by atoms with E-state index in [0.717, 1.165) is 70.2 Å². The van der Waals surface area contributed by atoms with E-state index < -0.39 is 29.8 Å². The van der Waals surface area contributed by atoms with Crippen LogP contribution in [0.15, 0.2) is 364 Å². The Balaban J connectivity index is 0.000000216. The van der Waals surface area contributed by atoms with E-state index >= 15 is 0 Å². The summed E-state index contributed by atoms with van der Waals surface area (Å²) in [5.41, 5.74) is 9.71. The fourth-order valence-electron chi connectivity index (χ4n) is 11.4. The summed E-state index contributed by atoms with van der Waals surface area (Å²) in [6.45, 7) is 62.7. The molecule has 0 fully saturated rings. The van der Waals surface area contributed by atoms with Crippen LogP contribution in [-0.4, -0.2) is 71.1 Å². The van der Waals surface area contributed by atoms with Crippen LogP contribution in [0, 0.1) is 0 Å². The first-order chi connectivity index (χ1) is 62.3. The topological polar surface area (TPSA) is 323 Å². The maximum Gasteiger partial charge on any atom is 0.338 e. The summed E-state index contributed by atoms with van der Waals surface area (Å²) in [5.74, 6) is -1.51. The molecule has 0 heterocycles. The van der Waals surface area contributed by atoms with Crippen molar-refractivity contribution in [1.82, 2.24) is 0 Å². The van der Waals surface area contributed by atoms with Gasteiger partial charge in [-0.2, -0.15) is 0 Å². The molecule has 0 saturated carbocycles. The second-order valence-corrected chi connectivity index (χ2v) is 30.9. The Morgan fingerprint density at radius 2 is 0.508 bits per heavy atom. The van der Waals surface area contributed by atoms with Gasteiger partial charge in [-0.3, -0.25) is 33.6 Å². The van der Waals surface area contributed by atoms with Crippen molar-refractivity contribution >= 4 is 170 Å². The van der Waals surface area contributed by atoms with Gasteiger partial charge in [0.05, 0.1) is 0 Å². The van der Waals surface area contributed by atoms with Crippen LogP contribution in [0.25, 0.3) is 64.6 Å². The Hall–Kier alpha value is -17.1. The summed E-state index contributed by atoms with van der Waals surface area (Å²) >= 11 is 0. The number of benzene rings is 12. The van der Waals surface area contributed by atoms with Gasteiger partial charge >= 0.3 is 29.8 Å². The molecule has 0 aliphatic carbocycles. The van der Waals surface area contributed by atoms with Gasteiger partial charge in [-0.15, -0.1) is 0 Å². The third-order valence-corrected chi connectivity index (χ3v) is 18.7. The summed E-state index contributed by atoms with van der Waals surface area (Å²) in [4.78, 5) is 140. The number of fused-ring (bicyclic) bond motifs is 6. The molecule has 0 spiro atoms. The minimum atomic E-state index is -0.483. The fraction of sp³-hybridized carbons (Fsp3) is 0.119. The first-order valence-corrected chi connectivity index (χ1v) is 40.8. The highest BCUT2D eigenvalue weighted by Crippen LogP contribution is 2.37. The van der Waals surface area contributed by atoms with Crippen molar-refractivity contribution in [3.05, 3.63) is 370 Å². The normalized spacial score (nSPS) is 10.1. The molecule has 132 heavy (non-hydrogen) atoms. The molecule has 0 radical (unpaired) electrons. The number of hydrogen-bond donors (Lipinski definition) is 6. The number of amides is 6. The smallest absolute Gasteiger partial charge is 0.338 e. The minimum absolute atomic E-state index is 0.0337. The van der Waals surface area contributed by atoms with Gasteiger partial charge < -0.3 is 55.6 Å². The Bertz CT molecular complexity index is 6170. The molecule has 0 aromatic heterocycles. The van der Waals surface area contributed by atoms with E-state index in [1.165, 1.54) is 0 Å². The Kier molecular flexibility index (Phi) is 36.7. The van der Waals surface area contributed by atoms with Crippen molar-refractivity contribution in [3.8, 4) is 28.7 Å². The molecule has 12 rings (SSSR count). The molecule has 0 aliphatic heterocycles. The van der Waals surface area contributed by atoms with E-state index in [9.17, 15) is 57.5 Å². The van der Waals surface area contributed by atoms with Crippen LogP contribution in [-0.2, 0) is 64.0 Å². The van der Waals surface area contributed by atoms with Crippen LogP contribution >= 0.6 is 0 Å². The number of allylic oxidation sites excluding steroid dienone is 1. The average molecular weight is 1770 g/mol. The molecular formula is C109H104N6O17. The van der Waals surface area contributed by atoms with E-state index in [4.69, 9.17) is 23.7 Å². The maximum atomic E-state index is 11.8. The minimum Gasteiger partial charge on any atom is -0.423 e. The lowest BCUT2D eigenvalue weighted by Gasteiger charge is -2.12. The van der Waals surface area contributed by atoms with Gasteiger partial charge in [-0.05, 0) is 213 Å². The molecule has 672 valence electrons. The standard InChI is InChI=1S/C19H18O3.C18H18N2O2.4C18H17NO3/c1-12(2)18(20)10-14-5-6-16-11-17(8-7-15(16)9-14)22-19(21)13(3)4;1-11(2)17(21)19-15-9-5-8-14-13(15)7-6-10-16(14)20-18(22)12(3)4;1-11(2)17(20)19-15-9-5-8-14-13(15)7-6-10-16(14)22-18(21)12(3)4;1-11(2)17(20)19-16-7-5-6-13-10-14(8-9-15(13)16)22-18(21)12(3)4;1-11(2)17(20)19-14-8-9-15-13(10-14)6-5-7-16(15)22-18(21)12(3)4;1-11(2)17(20)19-15-9-10-16(22-18(21)12(3)4)14-8-6-5-7-13(14)15/h5-9,11H,1,3,10H2,2,4H3;5-10H,1,3H2,2,4H3,(H,19,21)(H,20,22);4*5-10H,1,3H2,2,4H3,(H,19,20). The largest absolute Gasteiger partial charge is 0.423 e. The van der Waals surface area contributed by atoms with Crippen molar-refractivity contribution in [1.29, 1.82) is 0 Å². The molecule has 0 aliphatic rings. The van der Waals surface area contributed by atoms with Gasteiger partial charge in [0.15, 0.2) is 5.78 Å². The molecule has 0 bridgehead atoms. The molecule has 23 nitrogen and oxygen atoms in total. The Morgan fingerprint density at radius 3 is 0.917 bits per heavy atom. The summed E-state index contributed by atoms with van der Waals surface area (Å²) in [7, 11) is 0. The van der Waals surface area contributed by atoms with Gasteiger partial charge in [-0.1, -0.05) is 200 Å². The molecular weight excluding hydrogens is 1670 g/mol. The van der Waals surface area contributed by atoms with Gasteiger partial charge in [0, 0.05) is 145 Å². The highest BCUT2D eigenvalue weighted by molar-refractivity contribution is 6.16. The zero-order valence-corrected chi connectivity index (χ0v) is 75.9. The number of carbonyl (C=O) groups is 12. The average Bonchev–Trinajstić information content (AvgIpc) is 0.647. The predicted octanol–water partition coefficient (Wildman–Crippen LogP) is 23.2. The molecule has 12 aromatic carbocycles. The number of carbonyl (C=O) groups excluding carboxylic acids is 12.